The maximum absolute atomic E-state index is 5.70. The Kier molecular flexibility index (Phi) is 3.62. The van der Waals surface area contributed by atoms with E-state index < -0.39 is 0 Å². The van der Waals surface area contributed by atoms with E-state index in [2.05, 4.69) is 15.4 Å². The van der Waals surface area contributed by atoms with Crippen molar-refractivity contribution in [2.24, 2.45) is 5.84 Å². The van der Waals surface area contributed by atoms with Gasteiger partial charge >= 0.3 is 0 Å². The molecule has 0 saturated carbocycles. The van der Waals surface area contributed by atoms with Gasteiger partial charge in [-0.1, -0.05) is 0 Å². The average Bonchev–Trinajstić information content (AvgIpc) is 2.74. The number of ether oxygens (including phenoxy) is 2. The van der Waals surface area contributed by atoms with Crippen molar-refractivity contribution in [3.05, 3.63) is 29.5 Å². The molecule has 3 rings (SSSR count). The lowest BCUT2D eigenvalue weighted by atomic mass is 10.1. The van der Waals surface area contributed by atoms with Crippen LogP contribution in [-0.2, 0) is 0 Å². The molecule has 1 aliphatic heterocycles. The summed E-state index contributed by atoms with van der Waals surface area (Å²) in [5, 5.41) is 0. The number of hydrogen-bond acceptors (Lipinski definition) is 6. The predicted molar refractivity (Wildman–Crippen MR) is 80.4 cm³/mol. The molecule has 6 nitrogen and oxygen atoms in total. The summed E-state index contributed by atoms with van der Waals surface area (Å²) < 4.78 is 11.3. The quantitative estimate of drug-likeness (QED) is 0.650. The third-order valence-corrected chi connectivity index (χ3v) is 3.53. The van der Waals surface area contributed by atoms with E-state index in [0.717, 1.165) is 34.7 Å². The van der Waals surface area contributed by atoms with Crippen LogP contribution in [0.2, 0.25) is 0 Å². The Morgan fingerprint density at radius 2 is 1.86 bits per heavy atom. The van der Waals surface area contributed by atoms with Crippen LogP contribution in [0.25, 0.3) is 11.4 Å². The monoisotopic (exact) mass is 286 g/mol. The van der Waals surface area contributed by atoms with E-state index >= 15 is 0 Å². The Morgan fingerprint density at radius 3 is 2.62 bits per heavy atom. The number of benzene rings is 1. The summed E-state index contributed by atoms with van der Waals surface area (Å²) in [4.78, 5) is 8.97. The maximum atomic E-state index is 5.70. The third-order valence-electron chi connectivity index (χ3n) is 3.53. The van der Waals surface area contributed by atoms with Crippen molar-refractivity contribution >= 4 is 5.82 Å². The van der Waals surface area contributed by atoms with Crippen LogP contribution in [0, 0.1) is 13.8 Å². The van der Waals surface area contributed by atoms with Crippen LogP contribution < -0.4 is 20.7 Å². The molecule has 0 radical (unpaired) electrons. The van der Waals surface area contributed by atoms with Gasteiger partial charge in [0.25, 0.3) is 0 Å². The van der Waals surface area contributed by atoms with E-state index in [9.17, 15) is 0 Å². The first-order valence-corrected chi connectivity index (χ1v) is 6.91. The first-order valence-electron chi connectivity index (χ1n) is 6.91. The van der Waals surface area contributed by atoms with Crippen LogP contribution in [0.15, 0.2) is 18.2 Å². The number of nitrogens with two attached hydrogens (primary N) is 1. The average molecular weight is 286 g/mol. The molecule has 1 aromatic carbocycles. The molecule has 2 aromatic rings. The minimum atomic E-state index is 0.613. The highest BCUT2D eigenvalue weighted by molar-refractivity contribution is 5.63. The highest BCUT2D eigenvalue weighted by Gasteiger charge is 2.14. The normalized spacial score (nSPS) is 13.7. The highest BCUT2D eigenvalue weighted by atomic mass is 16.5. The molecule has 110 valence electrons. The lowest BCUT2D eigenvalue weighted by Crippen LogP contribution is -2.12. The molecule has 0 bridgehead atoms. The Labute approximate surface area is 123 Å². The van der Waals surface area contributed by atoms with Gasteiger partial charge in [-0.05, 0) is 32.0 Å². The van der Waals surface area contributed by atoms with Crippen LogP contribution in [0.3, 0.4) is 0 Å². The van der Waals surface area contributed by atoms with Gasteiger partial charge in [0, 0.05) is 23.2 Å². The maximum Gasteiger partial charge on any atom is 0.161 e. The Hall–Kier alpha value is -2.34. The number of aryl methyl sites for hydroxylation is 1. The topological polar surface area (TPSA) is 82.3 Å². The number of aromatic nitrogens is 2. The number of hydrazine groups is 1. The summed E-state index contributed by atoms with van der Waals surface area (Å²) in [5.41, 5.74) is 5.31. The zero-order valence-corrected chi connectivity index (χ0v) is 12.1. The van der Waals surface area contributed by atoms with Crippen molar-refractivity contribution in [1.29, 1.82) is 0 Å². The van der Waals surface area contributed by atoms with Gasteiger partial charge in [-0.15, -0.1) is 0 Å². The molecule has 0 unspecified atom stereocenters. The molecule has 2 heterocycles. The smallest absolute Gasteiger partial charge is 0.161 e. The minimum Gasteiger partial charge on any atom is -0.490 e. The van der Waals surface area contributed by atoms with Gasteiger partial charge in [-0.25, -0.2) is 15.8 Å². The van der Waals surface area contributed by atoms with Gasteiger partial charge in [0.15, 0.2) is 17.3 Å². The van der Waals surface area contributed by atoms with E-state index in [0.29, 0.717) is 24.9 Å². The molecule has 0 aliphatic carbocycles. The second-order valence-corrected chi connectivity index (χ2v) is 4.96. The van der Waals surface area contributed by atoms with E-state index in [-0.39, 0.29) is 0 Å². The molecule has 0 amide bonds. The summed E-state index contributed by atoms with van der Waals surface area (Å²) >= 11 is 0. The van der Waals surface area contributed by atoms with Crippen LogP contribution in [-0.4, -0.2) is 23.2 Å². The van der Waals surface area contributed by atoms with Crippen molar-refractivity contribution < 1.29 is 9.47 Å². The van der Waals surface area contributed by atoms with E-state index in [1.807, 2.05) is 32.0 Å². The standard InChI is InChI=1S/C15H18N4O2/c1-9-10(2)17-15(18-14(9)19-16)11-4-5-12-13(8-11)21-7-3-6-20-12/h4-5,8H,3,6-7,16H2,1-2H3,(H,17,18,19). The van der Waals surface area contributed by atoms with Crippen molar-refractivity contribution in [2.45, 2.75) is 20.3 Å². The lowest BCUT2D eigenvalue weighted by molar-refractivity contribution is 0.297. The van der Waals surface area contributed by atoms with Crippen LogP contribution >= 0.6 is 0 Å². The number of hydrogen-bond donors (Lipinski definition) is 2. The number of anilines is 1. The predicted octanol–water partition coefficient (Wildman–Crippen LogP) is 2.21. The Bertz CT molecular complexity index is 673. The van der Waals surface area contributed by atoms with E-state index in [1.54, 1.807) is 0 Å². The number of nitrogens with zero attached hydrogens (tertiary/aromatic N) is 2. The molecule has 6 heteroatoms. The molecule has 1 aromatic heterocycles. The largest absolute Gasteiger partial charge is 0.490 e. The fourth-order valence-corrected chi connectivity index (χ4v) is 2.20. The zero-order chi connectivity index (χ0) is 14.8. The van der Waals surface area contributed by atoms with Crippen LogP contribution in [0.5, 0.6) is 11.5 Å². The molecule has 3 N–H and O–H groups in total. The molecular weight excluding hydrogens is 268 g/mol. The second-order valence-electron chi connectivity index (χ2n) is 4.96. The van der Waals surface area contributed by atoms with Crippen molar-refractivity contribution in [1.82, 2.24) is 9.97 Å². The number of fused-ring (bicyclic) bond motifs is 1. The third kappa shape index (κ3) is 2.62. The van der Waals surface area contributed by atoms with Crippen molar-refractivity contribution in [3.63, 3.8) is 0 Å². The fraction of sp³-hybridized carbons (Fsp3) is 0.333. The van der Waals surface area contributed by atoms with Gasteiger partial charge in [0.1, 0.15) is 5.82 Å². The molecule has 0 saturated heterocycles. The summed E-state index contributed by atoms with van der Waals surface area (Å²) in [6, 6.07) is 5.73. The first-order chi connectivity index (χ1) is 10.2. The van der Waals surface area contributed by atoms with Gasteiger partial charge in [-0.3, -0.25) is 0 Å². The zero-order valence-electron chi connectivity index (χ0n) is 12.1. The lowest BCUT2D eigenvalue weighted by Gasteiger charge is -2.11. The van der Waals surface area contributed by atoms with E-state index in [4.69, 9.17) is 15.3 Å². The summed E-state index contributed by atoms with van der Waals surface area (Å²) in [6.45, 7) is 5.19. The highest BCUT2D eigenvalue weighted by Crippen LogP contribution is 2.33. The van der Waals surface area contributed by atoms with Gasteiger partial charge in [-0.2, -0.15) is 0 Å². The summed E-state index contributed by atoms with van der Waals surface area (Å²) in [6.07, 6.45) is 0.880. The second kappa shape index (κ2) is 5.57. The Balaban J connectivity index is 2.04. The number of nitrogen functional groups attached to an aromatic ring is 1. The van der Waals surface area contributed by atoms with Crippen LogP contribution in [0.4, 0.5) is 5.82 Å². The first kappa shape index (κ1) is 13.6. The molecule has 0 spiro atoms. The number of nitrogens with one attached hydrogen (secondary N) is 1. The minimum absolute atomic E-state index is 0.613. The van der Waals surface area contributed by atoms with Gasteiger partial charge in [0.05, 0.1) is 13.2 Å². The molecule has 0 atom stereocenters. The van der Waals surface area contributed by atoms with Crippen molar-refractivity contribution in [2.75, 3.05) is 18.6 Å². The molecular formula is C15H18N4O2. The number of rotatable bonds is 2. The van der Waals surface area contributed by atoms with Gasteiger partial charge in [0.2, 0.25) is 0 Å². The molecule has 1 aliphatic rings. The summed E-state index contributed by atoms with van der Waals surface area (Å²) in [7, 11) is 0. The SMILES string of the molecule is Cc1nc(-c2ccc3c(c2)OCCCO3)nc(NN)c1C. The molecule has 21 heavy (non-hydrogen) atoms. The van der Waals surface area contributed by atoms with E-state index in [1.165, 1.54) is 0 Å². The molecule has 0 fully saturated rings. The van der Waals surface area contributed by atoms with Crippen molar-refractivity contribution in [3.8, 4) is 22.9 Å². The summed E-state index contributed by atoms with van der Waals surface area (Å²) in [5.74, 6) is 8.25. The fourth-order valence-electron chi connectivity index (χ4n) is 2.20. The van der Waals surface area contributed by atoms with Gasteiger partial charge < -0.3 is 14.9 Å². The van der Waals surface area contributed by atoms with Crippen LogP contribution in [0.1, 0.15) is 17.7 Å². The Morgan fingerprint density at radius 1 is 1.10 bits per heavy atom.